The largest absolute Gasteiger partial charge is 0.463 e. The number of hydrogen-bond donors (Lipinski definition) is 2. The lowest BCUT2D eigenvalue weighted by atomic mass is 10.3. The summed E-state index contributed by atoms with van der Waals surface area (Å²) in [6, 6.07) is 0. The Balaban J connectivity index is 2.34. The topological polar surface area (TPSA) is 84.7 Å². The van der Waals surface area contributed by atoms with Crippen LogP contribution in [0.1, 0.15) is 26.7 Å². The van der Waals surface area contributed by atoms with Crippen molar-refractivity contribution in [3.05, 3.63) is 19.7 Å². The van der Waals surface area contributed by atoms with E-state index in [1.54, 1.807) is 6.92 Å². The first-order chi connectivity index (χ1) is 9.15. The van der Waals surface area contributed by atoms with Gasteiger partial charge in [-0.3, -0.25) is 15.6 Å². The van der Waals surface area contributed by atoms with Gasteiger partial charge >= 0.3 is 5.97 Å². The fourth-order valence-electron chi connectivity index (χ4n) is 1.69. The smallest absolute Gasteiger partial charge is 0.332 e. The van der Waals surface area contributed by atoms with E-state index in [2.05, 4.69) is 22.9 Å². The number of thiazole rings is 1. The summed E-state index contributed by atoms with van der Waals surface area (Å²) < 4.78 is 6.47. The van der Waals surface area contributed by atoms with Crippen molar-refractivity contribution in [2.24, 2.45) is 5.10 Å². The van der Waals surface area contributed by atoms with Gasteiger partial charge in [-0.15, -0.1) is 5.10 Å². The van der Waals surface area contributed by atoms with Crippen LogP contribution < -0.4 is 25.7 Å². The molecule has 2 N–H and O–H groups in total. The van der Waals surface area contributed by atoms with Crippen molar-refractivity contribution >= 4 is 23.4 Å². The molecule has 7 nitrogen and oxygen atoms in total. The quantitative estimate of drug-likeness (QED) is 0.697. The van der Waals surface area contributed by atoms with Gasteiger partial charge in [0.05, 0.1) is 6.61 Å². The minimum atomic E-state index is -0.517. The molecule has 0 aromatic carbocycles. The standard InChI is InChI=1S/C11H16N4O3S/c1-3-5-8-12-13-11-15(14-8)10(17)7(19-11)6-9(16)18-4-2/h6,8,12,14H,3-5H2,1-2H3/b7-6+. The molecule has 0 saturated heterocycles. The Labute approximate surface area is 113 Å². The summed E-state index contributed by atoms with van der Waals surface area (Å²) in [5, 5.41) is 4.12. The predicted molar refractivity (Wildman–Crippen MR) is 71.7 cm³/mol. The molecular weight excluding hydrogens is 268 g/mol. The van der Waals surface area contributed by atoms with Gasteiger partial charge in [0, 0.05) is 6.08 Å². The molecule has 19 heavy (non-hydrogen) atoms. The maximum Gasteiger partial charge on any atom is 0.332 e. The molecule has 0 bridgehead atoms. The van der Waals surface area contributed by atoms with Crippen molar-refractivity contribution in [3.8, 4) is 0 Å². The van der Waals surface area contributed by atoms with Crippen molar-refractivity contribution in [2.45, 2.75) is 32.9 Å². The molecule has 104 valence electrons. The van der Waals surface area contributed by atoms with Gasteiger partial charge in [0.15, 0.2) is 0 Å². The molecule has 0 saturated carbocycles. The zero-order chi connectivity index (χ0) is 13.8. The van der Waals surface area contributed by atoms with E-state index >= 15 is 0 Å². The van der Waals surface area contributed by atoms with Crippen LogP contribution in [0, 0.1) is 0 Å². The number of ether oxygens (including phenoxy) is 1. The van der Waals surface area contributed by atoms with Crippen LogP contribution in [0.15, 0.2) is 9.90 Å². The Hall–Kier alpha value is -1.83. The molecule has 8 heteroatoms. The molecule has 1 aliphatic rings. The minimum Gasteiger partial charge on any atom is -0.463 e. The normalized spacial score (nSPS) is 18.0. The lowest BCUT2D eigenvalue weighted by molar-refractivity contribution is -0.135. The second-order valence-corrected chi connectivity index (χ2v) is 5.01. The Kier molecular flexibility index (Phi) is 4.20. The third-order valence-electron chi connectivity index (χ3n) is 2.52. The highest BCUT2D eigenvalue weighted by Gasteiger charge is 2.15. The van der Waals surface area contributed by atoms with Crippen LogP contribution in [0.5, 0.6) is 0 Å². The van der Waals surface area contributed by atoms with E-state index in [4.69, 9.17) is 4.74 Å². The van der Waals surface area contributed by atoms with Crippen molar-refractivity contribution in [2.75, 3.05) is 12.0 Å². The molecule has 1 aliphatic heterocycles. The Morgan fingerprint density at radius 1 is 1.58 bits per heavy atom. The first-order valence-corrected chi connectivity index (χ1v) is 6.97. The minimum absolute atomic E-state index is 0.0692. The van der Waals surface area contributed by atoms with E-state index in [1.165, 1.54) is 10.8 Å². The summed E-state index contributed by atoms with van der Waals surface area (Å²) >= 11 is 1.14. The van der Waals surface area contributed by atoms with Gasteiger partial charge in [-0.2, -0.15) is 4.68 Å². The zero-order valence-electron chi connectivity index (χ0n) is 10.8. The molecule has 0 radical (unpaired) electrons. The van der Waals surface area contributed by atoms with E-state index in [9.17, 15) is 9.59 Å². The van der Waals surface area contributed by atoms with Crippen molar-refractivity contribution in [1.29, 1.82) is 0 Å². The van der Waals surface area contributed by atoms with Crippen molar-refractivity contribution in [3.63, 3.8) is 0 Å². The SMILES string of the molecule is CCCC1NN=c2s/c(=C/C(=O)OCC)c(=O)n2N1. The molecule has 2 heterocycles. The maximum atomic E-state index is 12.1. The van der Waals surface area contributed by atoms with Gasteiger partial charge in [-0.25, -0.2) is 4.79 Å². The highest BCUT2D eigenvalue weighted by atomic mass is 32.1. The van der Waals surface area contributed by atoms with Crippen molar-refractivity contribution in [1.82, 2.24) is 10.1 Å². The average molecular weight is 284 g/mol. The van der Waals surface area contributed by atoms with Crippen LogP contribution in [0.3, 0.4) is 0 Å². The molecule has 0 amide bonds. The molecule has 0 fully saturated rings. The predicted octanol–water partition coefficient (Wildman–Crippen LogP) is -0.939. The number of hydrogen-bond acceptors (Lipinski definition) is 7. The highest BCUT2D eigenvalue weighted by molar-refractivity contribution is 7.07. The Morgan fingerprint density at radius 3 is 3.05 bits per heavy atom. The number of fused-ring (bicyclic) bond motifs is 1. The van der Waals surface area contributed by atoms with Crippen LogP contribution in [-0.4, -0.2) is 23.4 Å². The first kappa shape index (κ1) is 13.6. The number of carbonyl (C=O) groups excluding carboxylic acids is 1. The lowest BCUT2D eigenvalue weighted by Crippen LogP contribution is -2.51. The van der Waals surface area contributed by atoms with Gasteiger partial charge in [-0.05, 0) is 13.3 Å². The van der Waals surface area contributed by atoms with E-state index in [0.29, 0.717) is 9.33 Å². The summed E-state index contributed by atoms with van der Waals surface area (Å²) in [6.45, 7) is 4.05. The fraction of sp³-hybridized carbons (Fsp3) is 0.545. The zero-order valence-corrected chi connectivity index (χ0v) is 11.6. The van der Waals surface area contributed by atoms with Crippen LogP contribution in [0.2, 0.25) is 0 Å². The summed E-state index contributed by atoms with van der Waals surface area (Å²) in [6.07, 6.45) is 2.95. The van der Waals surface area contributed by atoms with Crippen LogP contribution >= 0.6 is 11.3 Å². The van der Waals surface area contributed by atoms with E-state index in [1.807, 2.05) is 0 Å². The number of nitrogens with one attached hydrogen (secondary N) is 2. The second kappa shape index (κ2) is 5.87. The number of rotatable bonds is 4. The molecule has 0 aliphatic carbocycles. The van der Waals surface area contributed by atoms with Gasteiger partial charge in [0.1, 0.15) is 10.7 Å². The number of carbonyl (C=O) groups is 1. The van der Waals surface area contributed by atoms with Crippen LogP contribution in [0.25, 0.3) is 6.08 Å². The fourth-order valence-corrected chi connectivity index (χ4v) is 2.54. The van der Waals surface area contributed by atoms with Crippen LogP contribution in [0.4, 0.5) is 0 Å². The molecule has 1 atom stereocenters. The average Bonchev–Trinajstić information content (AvgIpc) is 2.67. The Morgan fingerprint density at radius 2 is 2.37 bits per heavy atom. The summed E-state index contributed by atoms with van der Waals surface area (Å²) in [5.41, 5.74) is 5.68. The molecular formula is C11H16N4O3S. The first-order valence-electron chi connectivity index (χ1n) is 6.15. The molecule has 1 aromatic rings. The lowest BCUT2D eigenvalue weighted by Gasteiger charge is -2.21. The second-order valence-electron chi connectivity index (χ2n) is 4.00. The highest BCUT2D eigenvalue weighted by Crippen LogP contribution is 1.95. The number of nitrogens with zero attached hydrogens (tertiary/aromatic N) is 2. The maximum absolute atomic E-state index is 12.1. The number of aromatic nitrogens is 1. The van der Waals surface area contributed by atoms with E-state index in [-0.39, 0.29) is 18.3 Å². The van der Waals surface area contributed by atoms with E-state index in [0.717, 1.165) is 24.2 Å². The summed E-state index contributed by atoms with van der Waals surface area (Å²) in [7, 11) is 0. The monoisotopic (exact) mass is 284 g/mol. The third kappa shape index (κ3) is 2.95. The Bertz CT molecular complexity index is 633. The van der Waals surface area contributed by atoms with Gasteiger partial charge < -0.3 is 4.74 Å². The number of esters is 1. The molecule has 2 rings (SSSR count). The molecule has 1 unspecified atom stereocenters. The third-order valence-corrected chi connectivity index (χ3v) is 3.49. The molecule has 0 spiro atoms. The van der Waals surface area contributed by atoms with Crippen LogP contribution in [-0.2, 0) is 9.53 Å². The van der Waals surface area contributed by atoms with Gasteiger partial charge in [0.25, 0.3) is 5.56 Å². The van der Waals surface area contributed by atoms with E-state index < -0.39 is 5.97 Å². The van der Waals surface area contributed by atoms with Crippen molar-refractivity contribution < 1.29 is 9.53 Å². The summed E-state index contributed by atoms with van der Waals surface area (Å²) in [4.78, 5) is 23.9. The molecule has 1 aromatic heterocycles. The summed E-state index contributed by atoms with van der Waals surface area (Å²) in [5.74, 6) is -0.517. The van der Waals surface area contributed by atoms with Gasteiger partial charge in [0.2, 0.25) is 4.80 Å². The van der Waals surface area contributed by atoms with Gasteiger partial charge in [-0.1, -0.05) is 24.7 Å².